The molecule has 8 N–H and O–H groups in total. The minimum Gasteiger partial charge on any atom is -0.280 e. The van der Waals surface area contributed by atoms with Gasteiger partial charge in [-0.25, -0.2) is 38.7 Å². The first kappa shape index (κ1) is 98.5. The van der Waals surface area contributed by atoms with Crippen LogP contribution in [0.2, 0.25) is 15.1 Å². The summed E-state index contributed by atoms with van der Waals surface area (Å²) in [6.07, 6.45) is 9.37. The predicted octanol–water partition coefficient (Wildman–Crippen LogP) is 16.7. The molecule has 11 aromatic carbocycles. The number of hydrogen-bond donors (Lipinski definition) is 8. The van der Waals surface area contributed by atoms with Crippen molar-refractivity contribution in [1.29, 1.82) is 0 Å². The molecule has 0 bridgehead atoms. The van der Waals surface area contributed by atoms with Crippen molar-refractivity contribution in [3.8, 4) is 45.0 Å². The number of hydrogen-bond acceptors (Lipinski definition) is 21. The first-order valence-electron chi connectivity index (χ1n) is 43.3. The Morgan fingerprint density at radius 3 is 0.993 bits per heavy atom. The molecule has 16 aromatic rings. The van der Waals surface area contributed by atoms with Crippen LogP contribution in [-0.2, 0) is 80.9 Å². The standard InChI is InChI=1S/C25H24N4O4S2.2C24H21ClN4O4S2.C23H20ClN5O4S2/c1-18-7-8-20(17-24(18)25-23-6-3-2-5-19(23)13-15-26-25)28-34(30,31)22-11-9-21(10-12-22)29-16-4-14-27-35(29,32)33;25-22-12-7-18(16-21(22)24-13-6-17-4-1-2-5-23(17)27-24)28-34(30,31)20-10-8-19(9-11-20)29-15-3-14-26-35(29,32)33;25-23-11-6-18(16-22(23)24-21-5-2-1-4-17(21)12-14-26-24)28-34(30,31)20-9-7-19(8-10-20)29-15-3-13-27-35(29,32)33;24-21-9-4-16(15-20(21)23-19-3-1-11-25-22(19)10-13-26-23)28-34(30,31)18-7-5-17(6-8-18)29-14-2-12-27-35(29,32)33/h2-3,5-13,15,17,27-28H,4,14,16H2,1H3;1-2,4-13,16,26,28H,3,14-15H2;1-2,4-12,14,16,27-28H,3,13,15H2;1,3-11,13,15,27-28H,2,12,14H2. The lowest BCUT2D eigenvalue weighted by atomic mass is 10.00. The van der Waals surface area contributed by atoms with Crippen LogP contribution in [0.1, 0.15) is 31.2 Å². The molecule has 140 heavy (non-hydrogen) atoms. The highest BCUT2D eigenvalue weighted by molar-refractivity contribution is 7.94. The molecule has 4 aliphatic rings. The predicted molar refractivity (Wildman–Crippen MR) is 551 cm³/mol. The third kappa shape index (κ3) is 22.2. The average Bonchev–Trinajstić information content (AvgIpc) is 0.813. The number of sulfonamides is 4. The zero-order valence-electron chi connectivity index (χ0n) is 73.9. The van der Waals surface area contributed by atoms with E-state index in [9.17, 15) is 67.3 Å². The van der Waals surface area contributed by atoms with E-state index in [0.717, 1.165) is 60.2 Å². The van der Waals surface area contributed by atoms with Gasteiger partial charge in [-0.2, -0.15) is 52.6 Å². The molecule has 0 aliphatic carbocycles. The summed E-state index contributed by atoms with van der Waals surface area (Å²) in [5, 5.41) is 6.99. The number of nitrogens with zero attached hydrogens (tertiary/aromatic N) is 9. The second kappa shape index (κ2) is 41.0. The molecular weight excluding hydrogens is 2010 g/mol. The molecule has 720 valence electrons. The summed E-state index contributed by atoms with van der Waals surface area (Å²) >= 11 is 19.3. The van der Waals surface area contributed by atoms with Crippen molar-refractivity contribution >= 4 is 205 Å². The largest absolute Gasteiger partial charge is 0.301 e. The van der Waals surface area contributed by atoms with Crippen LogP contribution in [0.3, 0.4) is 0 Å². The van der Waals surface area contributed by atoms with E-state index >= 15 is 0 Å². The Balaban J connectivity index is 0.000000129. The van der Waals surface area contributed by atoms with Crippen molar-refractivity contribution in [2.75, 3.05) is 88.5 Å². The number of halogens is 3. The zero-order valence-corrected chi connectivity index (χ0v) is 82.7. The minimum absolute atomic E-state index is 0.00315. The smallest absolute Gasteiger partial charge is 0.280 e. The molecule has 0 atom stereocenters. The number of nitrogens with one attached hydrogen (secondary N) is 8. The lowest BCUT2D eigenvalue weighted by molar-refractivity contribution is 0.558. The van der Waals surface area contributed by atoms with Crippen LogP contribution >= 0.6 is 34.8 Å². The van der Waals surface area contributed by atoms with Crippen LogP contribution in [-0.4, -0.2) is 145 Å². The van der Waals surface area contributed by atoms with Gasteiger partial charge in [-0.05, 0) is 255 Å². The van der Waals surface area contributed by atoms with Crippen LogP contribution in [0.4, 0.5) is 45.5 Å². The lowest BCUT2D eigenvalue weighted by Crippen LogP contribution is -2.47. The monoisotopic (exact) mass is 2090 g/mol. The van der Waals surface area contributed by atoms with E-state index in [1.54, 1.807) is 104 Å². The number of aromatic nitrogens is 5. The second-order valence-electron chi connectivity index (χ2n) is 32.2. The fourth-order valence-electron chi connectivity index (χ4n) is 15.9. The van der Waals surface area contributed by atoms with Gasteiger partial charge in [0.2, 0.25) is 0 Å². The molecule has 0 spiro atoms. The Labute approximate surface area is 825 Å². The SMILES string of the molecule is Cc1ccc(NS(=O)(=O)c2ccc(N3CCCNS3(=O)=O)cc2)cc1-c1nccc2ccccc12.O=S(=O)(Nc1ccc(Cl)c(-c2ccc3ccccc3n2)c1)c1ccc(N2CCCNS2(=O)=O)cc1.O=S(=O)(Nc1ccc(Cl)c(-c2nccc3ccccc23)c1)c1ccc(N2CCCNS2(=O)=O)cc1.O=S(=O)(Nc1ccc(Cl)c(-c2nccc3ncccc23)c1)c1ccc(N2CCCNS2(=O)=O)cc1. The maximum absolute atomic E-state index is 13.1. The van der Waals surface area contributed by atoms with Gasteiger partial charge in [0.25, 0.3) is 40.1 Å². The van der Waals surface area contributed by atoms with Crippen LogP contribution in [0.5, 0.6) is 0 Å². The van der Waals surface area contributed by atoms with Gasteiger partial charge in [0.15, 0.2) is 0 Å². The van der Waals surface area contributed by atoms with Gasteiger partial charge in [-0.3, -0.25) is 56.0 Å². The molecule has 9 heterocycles. The van der Waals surface area contributed by atoms with Crippen LogP contribution < -0.4 is 55.0 Å². The molecule has 20 rings (SSSR count). The molecule has 4 aliphatic heterocycles. The van der Waals surface area contributed by atoms with Gasteiger partial charge in [-0.1, -0.05) is 114 Å². The van der Waals surface area contributed by atoms with Gasteiger partial charge >= 0.3 is 40.8 Å². The molecule has 0 radical (unpaired) electrons. The topological polar surface area (TPSA) is 447 Å². The number of para-hydroxylation sites is 1. The fourth-order valence-corrected chi connectivity index (χ4v) is 26.1. The summed E-state index contributed by atoms with van der Waals surface area (Å²) in [4.78, 5) is 22.5. The van der Waals surface area contributed by atoms with Gasteiger partial charge in [0, 0.05) is 144 Å². The Morgan fingerprint density at radius 1 is 0.293 bits per heavy atom. The zero-order chi connectivity index (χ0) is 98.5. The first-order chi connectivity index (χ1) is 67.0. The lowest BCUT2D eigenvalue weighted by Gasteiger charge is -2.28. The molecule has 5 aromatic heterocycles. The number of aryl methyl sites for hydroxylation is 1. The van der Waals surface area contributed by atoms with Gasteiger partial charge in [0.05, 0.1) is 91.2 Å². The van der Waals surface area contributed by atoms with Crippen molar-refractivity contribution < 1.29 is 67.3 Å². The van der Waals surface area contributed by atoms with Crippen molar-refractivity contribution in [2.24, 2.45) is 0 Å². The Kier molecular flexibility index (Phi) is 28.9. The van der Waals surface area contributed by atoms with E-state index < -0.39 is 80.9 Å². The summed E-state index contributed by atoms with van der Waals surface area (Å²) in [5.41, 5.74) is 10.7. The second-order valence-corrected chi connectivity index (χ2v) is 46.9. The van der Waals surface area contributed by atoms with Crippen LogP contribution in [0, 0.1) is 6.92 Å². The summed E-state index contributed by atoms with van der Waals surface area (Å²) in [6.45, 7) is 4.81. The van der Waals surface area contributed by atoms with E-state index in [1.807, 2.05) is 116 Å². The van der Waals surface area contributed by atoms with Gasteiger partial charge < -0.3 is 0 Å². The quantitative estimate of drug-likeness (QED) is 0.0351. The Morgan fingerprint density at radius 2 is 0.607 bits per heavy atom. The number of benzene rings is 11. The van der Waals surface area contributed by atoms with Crippen molar-refractivity contribution in [3.63, 3.8) is 0 Å². The highest BCUT2D eigenvalue weighted by Gasteiger charge is 2.32. The van der Waals surface area contributed by atoms with E-state index in [2.05, 4.69) is 62.7 Å². The van der Waals surface area contributed by atoms with Crippen molar-refractivity contribution in [1.82, 2.24) is 43.8 Å². The summed E-state index contributed by atoms with van der Waals surface area (Å²) in [7, 11) is -30.2. The molecular formula is C96H86Cl3N17O16S8. The molecule has 44 heteroatoms. The number of fused-ring (bicyclic) bond motifs is 4. The molecule has 0 unspecified atom stereocenters. The molecule has 0 amide bonds. The maximum atomic E-state index is 13.1. The molecule has 0 saturated carbocycles. The van der Waals surface area contributed by atoms with Crippen LogP contribution in [0.15, 0.2) is 329 Å². The highest BCUT2D eigenvalue weighted by atomic mass is 35.5. The Bertz CT molecular complexity index is 7860. The van der Waals surface area contributed by atoms with Gasteiger partial charge in [0.1, 0.15) is 0 Å². The highest BCUT2D eigenvalue weighted by Crippen LogP contribution is 2.40. The van der Waals surface area contributed by atoms with Crippen molar-refractivity contribution in [2.45, 2.75) is 52.2 Å². The number of pyridine rings is 5. The van der Waals surface area contributed by atoms with Crippen LogP contribution in [0.25, 0.3) is 88.4 Å². The van der Waals surface area contributed by atoms with Crippen molar-refractivity contribution in [3.05, 3.63) is 331 Å². The summed E-state index contributed by atoms with van der Waals surface area (Å²) in [5.74, 6) is 0. The number of rotatable bonds is 20. The molecule has 4 fully saturated rings. The molecule has 33 nitrogen and oxygen atoms in total. The molecule has 4 saturated heterocycles. The fraction of sp³-hybridized carbons (Fsp3) is 0.135. The van der Waals surface area contributed by atoms with E-state index in [0.29, 0.717) is 172 Å². The summed E-state index contributed by atoms with van der Waals surface area (Å²) in [6, 6.07) is 79.1. The normalized spacial score (nSPS) is 15.7. The van der Waals surface area contributed by atoms with E-state index in [1.165, 1.54) is 114 Å². The first-order valence-corrected chi connectivity index (χ1v) is 56.1. The van der Waals surface area contributed by atoms with E-state index in [-0.39, 0.29) is 19.6 Å². The third-order valence-corrected chi connectivity index (χ3v) is 35.6. The average molecular weight is 2100 g/mol. The number of anilines is 8. The Hall–Kier alpha value is -13.1. The van der Waals surface area contributed by atoms with Gasteiger partial charge in [-0.15, -0.1) is 0 Å². The minimum atomic E-state index is -3.95. The maximum Gasteiger partial charge on any atom is 0.301 e. The summed E-state index contributed by atoms with van der Waals surface area (Å²) < 4.78 is 227. The third-order valence-electron chi connectivity index (χ3n) is 22.9. The van der Waals surface area contributed by atoms with E-state index in [4.69, 9.17) is 34.8 Å².